The molecule has 4 aliphatic rings. The first-order valence-electron chi connectivity index (χ1n) is 23.8. The zero-order valence-corrected chi connectivity index (χ0v) is 40.3. The highest BCUT2D eigenvalue weighted by Gasteiger charge is 2.53. The quantitative estimate of drug-likeness (QED) is 0.156. The molecule has 0 aromatic carbocycles. The van der Waals surface area contributed by atoms with Crippen molar-refractivity contribution in [2.75, 3.05) is 27.9 Å². The smallest absolute Gasteiger partial charge is 0.329 e. The number of aliphatic hydroxyl groups excluding tert-OH is 1. The summed E-state index contributed by atoms with van der Waals surface area (Å²) in [5, 5.41) is 23.4. The van der Waals surface area contributed by atoms with Gasteiger partial charge in [0.1, 0.15) is 30.1 Å². The number of amides is 1. The molecule has 1 aliphatic carbocycles. The maximum Gasteiger partial charge on any atom is 0.329 e. The summed E-state index contributed by atoms with van der Waals surface area (Å²) in [5.74, 6) is -7.45. The number of cyclic esters (lactones) is 1. The number of rotatable bonds is 6. The highest BCUT2D eigenvalue weighted by molar-refractivity contribution is 6.39. The van der Waals surface area contributed by atoms with Crippen molar-refractivity contribution < 1.29 is 57.9 Å². The zero-order chi connectivity index (χ0) is 47.3. The van der Waals surface area contributed by atoms with Crippen molar-refractivity contribution in [3.63, 3.8) is 0 Å². The van der Waals surface area contributed by atoms with Crippen molar-refractivity contribution in [3.8, 4) is 0 Å². The molecule has 4 rings (SSSR count). The van der Waals surface area contributed by atoms with E-state index < -0.39 is 77.8 Å². The van der Waals surface area contributed by atoms with Crippen LogP contribution in [0.1, 0.15) is 132 Å². The van der Waals surface area contributed by atoms with E-state index in [9.17, 15) is 34.2 Å². The highest BCUT2D eigenvalue weighted by Crippen LogP contribution is 2.37. The van der Waals surface area contributed by atoms with E-state index in [-0.39, 0.29) is 48.9 Å². The SMILES string of the molecule is COC1C(=O)[C@H](C)C[C@H](C)/C=C/C=C/C=C(\C)[C@@H](OC)CC2CC[C@@H](C)[C@@](O)(O2)C(=O)C(=O)N2CCCCC2C(=O)O[C@H]([C@H](C)C[C@@H]2CCC[C@H](OC)C2)CC(=O)[C@H](C)/C=C(\C)[C@H]1O. The molecule has 2 N–H and O–H groups in total. The lowest BCUT2D eigenvalue weighted by Gasteiger charge is -2.42. The van der Waals surface area contributed by atoms with Crippen molar-refractivity contribution in [1.29, 1.82) is 0 Å². The number of fused-ring (bicyclic) bond motifs is 3. The van der Waals surface area contributed by atoms with Crippen LogP contribution in [0.25, 0.3) is 0 Å². The van der Waals surface area contributed by atoms with Crippen molar-refractivity contribution in [3.05, 3.63) is 47.6 Å². The van der Waals surface area contributed by atoms with Gasteiger partial charge in [-0.15, -0.1) is 0 Å². The Morgan fingerprint density at radius 2 is 1.58 bits per heavy atom. The topological polar surface area (TPSA) is 175 Å². The molecule has 3 unspecified atom stereocenters. The first kappa shape index (κ1) is 53.3. The molecule has 2 bridgehead atoms. The van der Waals surface area contributed by atoms with Crippen LogP contribution >= 0.6 is 0 Å². The molecule has 1 amide bonds. The minimum Gasteiger partial charge on any atom is -0.460 e. The summed E-state index contributed by atoms with van der Waals surface area (Å²) in [6.45, 7) is 12.9. The van der Waals surface area contributed by atoms with Gasteiger partial charge in [-0.25, -0.2) is 4.79 Å². The van der Waals surface area contributed by atoms with Gasteiger partial charge in [-0.2, -0.15) is 0 Å². The number of aliphatic hydroxyl groups is 2. The molecule has 14 atom stereocenters. The van der Waals surface area contributed by atoms with E-state index in [1.54, 1.807) is 41.1 Å². The van der Waals surface area contributed by atoms with Crippen molar-refractivity contribution in [2.45, 2.75) is 180 Å². The second-order valence-corrected chi connectivity index (χ2v) is 19.5. The summed E-state index contributed by atoms with van der Waals surface area (Å²) < 4.78 is 29.6. The Balaban J connectivity index is 1.70. The van der Waals surface area contributed by atoms with Gasteiger partial charge in [0.05, 0.1) is 18.3 Å². The molecule has 0 radical (unpaired) electrons. The number of ether oxygens (including phenoxy) is 5. The van der Waals surface area contributed by atoms with Crippen LogP contribution in [-0.4, -0.2) is 121 Å². The van der Waals surface area contributed by atoms with E-state index in [1.165, 1.54) is 12.0 Å². The molecule has 3 heterocycles. The van der Waals surface area contributed by atoms with Crippen LogP contribution in [-0.2, 0) is 47.7 Å². The van der Waals surface area contributed by atoms with Gasteiger partial charge < -0.3 is 38.8 Å². The van der Waals surface area contributed by atoms with Gasteiger partial charge in [-0.05, 0) is 101 Å². The maximum absolute atomic E-state index is 14.4. The van der Waals surface area contributed by atoms with Crippen LogP contribution in [0.5, 0.6) is 0 Å². The number of carbonyl (C=O) groups excluding carboxylic acids is 5. The predicted octanol–water partition coefficient (Wildman–Crippen LogP) is 7.21. The number of allylic oxidation sites excluding steroid dienone is 6. The Morgan fingerprint density at radius 3 is 2.27 bits per heavy atom. The standard InChI is InChI=1S/C51H79NO12/c1-31-17-12-11-13-18-32(2)43(61-9)29-40-23-22-37(7)51(59,64-40)48(56)49(57)52-24-15-14-21-41(52)50(58)63-44(34(4)27-38-19-16-20-39(28-38)60-8)30-42(53)33(3)26-36(6)46(55)47(62-10)45(54)35(5)25-31/h11-13,17-18,26,31,33-35,37-41,43-44,46-47,55,59H,14-16,19-25,27-30H2,1-10H3/b13-11+,17-12+,32-18+,36-26+/t31-,33-,34-,35-,37-,38+,39+,40?,41?,43+,44+,46-,47?,51-/m1/s1. The Bertz CT molecular complexity index is 1720. The number of hydrogen-bond acceptors (Lipinski definition) is 12. The third kappa shape index (κ3) is 14.1. The Hall–Kier alpha value is -3.33. The number of hydrogen-bond donors (Lipinski definition) is 2. The summed E-state index contributed by atoms with van der Waals surface area (Å²) >= 11 is 0. The normalized spacial score (nSPS) is 39.7. The third-order valence-corrected chi connectivity index (χ3v) is 14.4. The number of esters is 1. The molecular formula is C51H79NO12. The van der Waals surface area contributed by atoms with Crippen LogP contribution in [0.4, 0.5) is 0 Å². The Morgan fingerprint density at radius 1 is 0.844 bits per heavy atom. The first-order valence-corrected chi connectivity index (χ1v) is 23.8. The van der Waals surface area contributed by atoms with Crippen LogP contribution in [0, 0.1) is 35.5 Å². The number of carbonyl (C=O) groups is 5. The fraction of sp³-hybridized carbons (Fsp3) is 0.745. The maximum atomic E-state index is 14.4. The van der Waals surface area contributed by atoms with Gasteiger partial charge in [-0.3, -0.25) is 19.2 Å². The summed E-state index contributed by atoms with van der Waals surface area (Å²) in [4.78, 5) is 71.8. The Kier molecular flexibility index (Phi) is 20.8. The van der Waals surface area contributed by atoms with E-state index >= 15 is 0 Å². The van der Waals surface area contributed by atoms with Gasteiger partial charge in [0.15, 0.2) is 5.78 Å². The second kappa shape index (κ2) is 25.0. The highest BCUT2D eigenvalue weighted by atomic mass is 16.6. The van der Waals surface area contributed by atoms with E-state index in [4.69, 9.17) is 23.7 Å². The average Bonchev–Trinajstić information content (AvgIpc) is 3.27. The monoisotopic (exact) mass is 898 g/mol. The fourth-order valence-electron chi connectivity index (χ4n) is 10.1. The molecule has 0 aromatic rings. The summed E-state index contributed by atoms with van der Waals surface area (Å²) in [6.07, 6.45) is 14.7. The number of ketones is 3. The lowest BCUT2D eigenvalue weighted by atomic mass is 9.79. The van der Waals surface area contributed by atoms with Gasteiger partial charge in [-0.1, -0.05) is 83.9 Å². The zero-order valence-electron chi connectivity index (χ0n) is 40.3. The summed E-state index contributed by atoms with van der Waals surface area (Å²) in [7, 11) is 4.69. The van der Waals surface area contributed by atoms with Crippen molar-refractivity contribution in [2.24, 2.45) is 35.5 Å². The third-order valence-electron chi connectivity index (χ3n) is 14.4. The number of methoxy groups -OCH3 is 3. The number of nitrogens with zero attached hydrogens (tertiary/aromatic N) is 1. The van der Waals surface area contributed by atoms with Crippen LogP contribution in [0.3, 0.4) is 0 Å². The predicted molar refractivity (Wildman–Crippen MR) is 244 cm³/mol. The lowest BCUT2D eigenvalue weighted by Crippen LogP contribution is -2.61. The van der Waals surface area contributed by atoms with Gasteiger partial charge in [0, 0.05) is 58.5 Å². The van der Waals surface area contributed by atoms with Crippen molar-refractivity contribution in [1.82, 2.24) is 4.90 Å². The molecule has 64 heavy (non-hydrogen) atoms. The van der Waals surface area contributed by atoms with Gasteiger partial charge in [0.25, 0.3) is 11.7 Å². The van der Waals surface area contributed by atoms with Gasteiger partial charge >= 0.3 is 5.97 Å². The molecule has 360 valence electrons. The van der Waals surface area contributed by atoms with E-state index in [0.29, 0.717) is 56.4 Å². The molecule has 0 aromatic heterocycles. The summed E-state index contributed by atoms with van der Waals surface area (Å²) in [5.41, 5.74) is 1.30. The van der Waals surface area contributed by atoms with Crippen molar-refractivity contribution >= 4 is 29.2 Å². The average molecular weight is 898 g/mol. The number of piperidine rings is 1. The molecule has 13 nitrogen and oxygen atoms in total. The second-order valence-electron chi connectivity index (χ2n) is 19.5. The fourth-order valence-corrected chi connectivity index (χ4v) is 10.1. The van der Waals surface area contributed by atoms with E-state index in [2.05, 4.69) is 0 Å². The van der Waals surface area contributed by atoms with Crippen LogP contribution < -0.4 is 0 Å². The van der Waals surface area contributed by atoms with E-state index in [0.717, 1.165) is 31.3 Å². The minimum atomic E-state index is -2.41. The molecule has 3 fully saturated rings. The summed E-state index contributed by atoms with van der Waals surface area (Å²) in [6, 6.07) is -1.10. The first-order chi connectivity index (χ1) is 30.3. The molecule has 0 spiro atoms. The van der Waals surface area contributed by atoms with Gasteiger partial charge in [0.2, 0.25) is 5.79 Å². The lowest BCUT2D eigenvalue weighted by molar-refractivity contribution is -0.265. The molecule has 3 aliphatic heterocycles. The molecule has 2 saturated heterocycles. The molecule has 13 heteroatoms. The molecular weight excluding hydrogens is 819 g/mol. The van der Waals surface area contributed by atoms with Crippen LogP contribution in [0.15, 0.2) is 47.6 Å². The number of Topliss-reactive ketones (excluding diaryl/α,β-unsaturated/α-hetero) is 3. The molecule has 1 saturated carbocycles. The van der Waals surface area contributed by atoms with Crippen LogP contribution in [0.2, 0.25) is 0 Å². The van der Waals surface area contributed by atoms with E-state index in [1.807, 2.05) is 58.1 Å². The largest absolute Gasteiger partial charge is 0.460 e. The Labute approximate surface area is 382 Å². The minimum absolute atomic E-state index is 0.0317.